The predicted molar refractivity (Wildman–Crippen MR) is 76.7 cm³/mol. The summed E-state index contributed by atoms with van der Waals surface area (Å²) in [6, 6.07) is 5.37. The van der Waals surface area contributed by atoms with E-state index in [1.54, 1.807) is 18.5 Å². The van der Waals surface area contributed by atoms with E-state index in [4.69, 9.17) is 28.9 Å². The molecule has 0 radical (unpaired) electrons. The van der Waals surface area contributed by atoms with Crippen LogP contribution in [0.15, 0.2) is 34.4 Å². The molecule has 0 spiro atoms. The average molecular weight is 312 g/mol. The number of nitrogen functional groups attached to an aromatic ring is 1. The minimum absolute atomic E-state index is 0.183. The van der Waals surface area contributed by atoms with E-state index in [0.717, 1.165) is 10.4 Å². The van der Waals surface area contributed by atoms with Crippen LogP contribution in [0.4, 0.5) is 5.95 Å². The number of H-pyrrole nitrogens is 1. The first-order valence-electron chi connectivity index (χ1n) is 5.23. The highest BCUT2D eigenvalue weighted by Crippen LogP contribution is 2.34. The van der Waals surface area contributed by atoms with E-state index in [1.165, 1.54) is 11.8 Å². The summed E-state index contributed by atoms with van der Waals surface area (Å²) in [7, 11) is 0. The van der Waals surface area contributed by atoms with E-state index in [9.17, 15) is 0 Å². The number of aromatic amines is 1. The SMILES string of the molecule is Nc1nc(Sc2ccc(Cl)c(Cl)c2)c2[nH]cnc2n1. The van der Waals surface area contributed by atoms with Crippen LogP contribution in [-0.4, -0.2) is 19.9 Å². The van der Waals surface area contributed by atoms with Crippen LogP contribution in [-0.2, 0) is 0 Å². The lowest BCUT2D eigenvalue weighted by molar-refractivity contribution is 1.10. The Hall–Kier alpha value is -1.50. The minimum Gasteiger partial charge on any atom is -0.368 e. The second kappa shape index (κ2) is 4.88. The normalized spacial score (nSPS) is 11.1. The van der Waals surface area contributed by atoms with Crippen molar-refractivity contribution >= 4 is 52.1 Å². The molecule has 5 nitrogen and oxygen atoms in total. The van der Waals surface area contributed by atoms with E-state index in [0.29, 0.717) is 20.7 Å². The summed E-state index contributed by atoms with van der Waals surface area (Å²) in [4.78, 5) is 16.2. The van der Waals surface area contributed by atoms with Crippen molar-refractivity contribution in [1.82, 2.24) is 19.9 Å². The number of benzene rings is 1. The molecule has 3 rings (SSSR count). The lowest BCUT2D eigenvalue weighted by atomic mass is 10.4. The zero-order chi connectivity index (χ0) is 13.4. The summed E-state index contributed by atoms with van der Waals surface area (Å²) in [6.45, 7) is 0. The molecule has 0 fully saturated rings. The van der Waals surface area contributed by atoms with Crippen LogP contribution >= 0.6 is 35.0 Å². The smallest absolute Gasteiger partial charge is 0.223 e. The van der Waals surface area contributed by atoms with Gasteiger partial charge in [-0.25, -0.2) is 9.97 Å². The van der Waals surface area contributed by atoms with Gasteiger partial charge >= 0.3 is 0 Å². The van der Waals surface area contributed by atoms with Crippen LogP contribution in [0.3, 0.4) is 0 Å². The second-order valence-electron chi connectivity index (χ2n) is 3.67. The summed E-state index contributed by atoms with van der Waals surface area (Å²) in [5.41, 5.74) is 6.93. The number of hydrogen-bond acceptors (Lipinski definition) is 5. The van der Waals surface area contributed by atoms with Crippen molar-refractivity contribution in [1.29, 1.82) is 0 Å². The molecule has 0 bridgehead atoms. The number of nitrogens with two attached hydrogens (primary N) is 1. The Kier molecular flexibility index (Phi) is 3.22. The van der Waals surface area contributed by atoms with Gasteiger partial charge in [-0.2, -0.15) is 4.98 Å². The van der Waals surface area contributed by atoms with Gasteiger partial charge in [0.05, 0.1) is 16.4 Å². The fourth-order valence-electron chi connectivity index (χ4n) is 1.55. The van der Waals surface area contributed by atoms with Crippen LogP contribution in [0.2, 0.25) is 10.0 Å². The number of nitrogens with zero attached hydrogens (tertiary/aromatic N) is 3. The summed E-state index contributed by atoms with van der Waals surface area (Å²) in [5.74, 6) is 0.183. The number of halogens is 2. The van der Waals surface area contributed by atoms with Gasteiger partial charge in [-0.15, -0.1) is 0 Å². The third kappa shape index (κ3) is 2.47. The number of aromatic nitrogens is 4. The molecule has 8 heteroatoms. The molecule has 0 aliphatic heterocycles. The largest absolute Gasteiger partial charge is 0.368 e. The molecule has 2 heterocycles. The van der Waals surface area contributed by atoms with Gasteiger partial charge in [0.1, 0.15) is 10.5 Å². The molecular weight excluding hydrogens is 305 g/mol. The predicted octanol–water partition coefficient (Wildman–Crippen LogP) is 3.39. The summed E-state index contributed by atoms with van der Waals surface area (Å²) in [6.07, 6.45) is 1.55. The highest BCUT2D eigenvalue weighted by Gasteiger charge is 2.10. The third-order valence-corrected chi connectivity index (χ3v) is 4.09. The first kappa shape index (κ1) is 12.5. The van der Waals surface area contributed by atoms with Crippen molar-refractivity contribution in [2.24, 2.45) is 0 Å². The van der Waals surface area contributed by atoms with Gasteiger partial charge in [-0.05, 0) is 18.2 Å². The topological polar surface area (TPSA) is 80.5 Å². The summed E-state index contributed by atoms with van der Waals surface area (Å²) < 4.78 is 0. The highest BCUT2D eigenvalue weighted by atomic mass is 35.5. The number of rotatable bonds is 2. The molecule has 0 unspecified atom stereocenters. The third-order valence-electron chi connectivity index (χ3n) is 2.38. The lowest BCUT2D eigenvalue weighted by Gasteiger charge is -2.04. The van der Waals surface area contributed by atoms with Gasteiger partial charge in [0.15, 0.2) is 5.65 Å². The molecule has 3 aromatic rings. The quantitative estimate of drug-likeness (QED) is 0.709. The van der Waals surface area contributed by atoms with Crippen LogP contribution in [0, 0.1) is 0 Å². The second-order valence-corrected chi connectivity index (χ2v) is 5.54. The molecule has 3 N–H and O–H groups in total. The molecule has 1 aromatic carbocycles. The van der Waals surface area contributed by atoms with Gasteiger partial charge in [-0.3, -0.25) is 0 Å². The summed E-state index contributed by atoms with van der Waals surface area (Å²) >= 11 is 13.3. The van der Waals surface area contributed by atoms with Gasteiger partial charge in [0.2, 0.25) is 5.95 Å². The molecule has 96 valence electrons. The van der Waals surface area contributed by atoms with Gasteiger partial charge in [-0.1, -0.05) is 35.0 Å². The fraction of sp³-hybridized carbons (Fsp3) is 0. The average Bonchev–Trinajstić information content (AvgIpc) is 2.82. The lowest BCUT2D eigenvalue weighted by Crippen LogP contribution is -1.96. The number of fused-ring (bicyclic) bond motifs is 1. The number of anilines is 1. The standard InChI is InChI=1S/C11H7Cl2N5S/c12-6-2-1-5(3-7(6)13)19-10-8-9(16-4-15-8)17-11(14)18-10/h1-4H,(H3,14,15,16,17,18). The Morgan fingerprint density at radius 2 is 2.00 bits per heavy atom. The molecule has 0 atom stereocenters. The minimum atomic E-state index is 0.183. The maximum Gasteiger partial charge on any atom is 0.223 e. The Morgan fingerprint density at radius 1 is 1.16 bits per heavy atom. The highest BCUT2D eigenvalue weighted by molar-refractivity contribution is 7.99. The Bertz CT molecular complexity index is 758. The molecule has 0 saturated heterocycles. The Morgan fingerprint density at radius 3 is 2.79 bits per heavy atom. The van der Waals surface area contributed by atoms with E-state index >= 15 is 0 Å². The van der Waals surface area contributed by atoms with Crippen molar-refractivity contribution in [2.75, 3.05) is 5.73 Å². The monoisotopic (exact) mass is 311 g/mol. The number of nitrogens with one attached hydrogen (secondary N) is 1. The molecule has 0 saturated carbocycles. The van der Waals surface area contributed by atoms with E-state index in [2.05, 4.69) is 19.9 Å². The maximum absolute atomic E-state index is 5.99. The molecule has 2 aromatic heterocycles. The van der Waals surface area contributed by atoms with Crippen LogP contribution in [0.5, 0.6) is 0 Å². The molecule has 0 amide bonds. The first-order valence-corrected chi connectivity index (χ1v) is 6.80. The molecule has 0 aliphatic carbocycles. The van der Waals surface area contributed by atoms with E-state index < -0.39 is 0 Å². The van der Waals surface area contributed by atoms with Gasteiger partial charge in [0.25, 0.3) is 0 Å². The van der Waals surface area contributed by atoms with Crippen molar-refractivity contribution in [3.05, 3.63) is 34.6 Å². The Balaban J connectivity index is 2.04. The van der Waals surface area contributed by atoms with Crippen LogP contribution in [0.25, 0.3) is 11.2 Å². The van der Waals surface area contributed by atoms with Crippen molar-refractivity contribution < 1.29 is 0 Å². The number of imidazole rings is 1. The van der Waals surface area contributed by atoms with Crippen molar-refractivity contribution in [2.45, 2.75) is 9.92 Å². The maximum atomic E-state index is 5.99. The molecule has 0 aliphatic rings. The van der Waals surface area contributed by atoms with E-state index in [-0.39, 0.29) is 5.95 Å². The van der Waals surface area contributed by atoms with Crippen molar-refractivity contribution in [3.8, 4) is 0 Å². The van der Waals surface area contributed by atoms with Gasteiger partial charge in [0, 0.05) is 4.90 Å². The fourth-order valence-corrected chi connectivity index (χ4v) is 2.84. The summed E-state index contributed by atoms with van der Waals surface area (Å²) in [5, 5.41) is 1.70. The zero-order valence-electron chi connectivity index (χ0n) is 9.39. The Labute approximate surface area is 122 Å². The molecule has 19 heavy (non-hydrogen) atoms. The first-order chi connectivity index (χ1) is 9.13. The van der Waals surface area contributed by atoms with Crippen LogP contribution in [0.1, 0.15) is 0 Å². The van der Waals surface area contributed by atoms with Crippen LogP contribution < -0.4 is 5.73 Å². The van der Waals surface area contributed by atoms with E-state index in [1.807, 2.05) is 6.07 Å². The number of hydrogen-bond donors (Lipinski definition) is 2. The van der Waals surface area contributed by atoms with Gasteiger partial charge < -0.3 is 10.7 Å². The zero-order valence-corrected chi connectivity index (χ0v) is 11.7. The van der Waals surface area contributed by atoms with Crippen molar-refractivity contribution in [3.63, 3.8) is 0 Å². The molecular formula is C11H7Cl2N5S.